The number of rotatable bonds is 9. The number of carbonyl (C=O) groups is 2. The molecule has 4 rings (SSSR count). The van der Waals surface area contributed by atoms with Crippen LogP contribution in [0.5, 0.6) is 0 Å². The minimum absolute atomic E-state index is 0.00609. The van der Waals surface area contributed by atoms with Crippen molar-refractivity contribution in [3.8, 4) is 11.4 Å². The van der Waals surface area contributed by atoms with Gasteiger partial charge in [0, 0.05) is 24.2 Å². The fourth-order valence-corrected chi connectivity index (χ4v) is 4.07. The largest absolute Gasteiger partial charge is 0.478 e. The van der Waals surface area contributed by atoms with Gasteiger partial charge in [0.25, 0.3) is 5.91 Å². The number of amides is 1. The SMILES string of the molecule is CC(CCCCN)n1c(NC(=O)c2cccc(C(=O)O)c2)nc2cccc(-c3ncnn3C)c21. The summed E-state index contributed by atoms with van der Waals surface area (Å²) in [5.74, 6) is -0.457. The summed E-state index contributed by atoms with van der Waals surface area (Å²) < 4.78 is 3.70. The second-order valence-electron chi connectivity index (χ2n) is 8.16. The van der Waals surface area contributed by atoms with E-state index in [1.54, 1.807) is 16.8 Å². The Morgan fingerprint density at radius 1 is 1.15 bits per heavy atom. The summed E-state index contributed by atoms with van der Waals surface area (Å²) >= 11 is 0. The number of hydrogen-bond acceptors (Lipinski definition) is 6. The number of carbonyl (C=O) groups excluding carboxylic acids is 1. The van der Waals surface area contributed by atoms with Crippen molar-refractivity contribution in [1.82, 2.24) is 24.3 Å². The van der Waals surface area contributed by atoms with Crippen molar-refractivity contribution in [3.05, 3.63) is 59.9 Å². The zero-order valence-electron chi connectivity index (χ0n) is 19.1. The Morgan fingerprint density at radius 2 is 1.91 bits per heavy atom. The van der Waals surface area contributed by atoms with Gasteiger partial charge in [0.05, 0.1) is 16.6 Å². The van der Waals surface area contributed by atoms with Crippen molar-refractivity contribution < 1.29 is 14.7 Å². The highest BCUT2D eigenvalue weighted by Gasteiger charge is 2.22. The quantitative estimate of drug-likeness (QED) is 0.324. The summed E-state index contributed by atoms with van der Waals surface area (Å²) in [7, 11) is 1.82. The van der Waals surface area contributed by atoms with E-state index in [0.717, 1.165) is 30.3 Å². The molecule has 0 saturated heterocycles. The van der Waals surface area contributed by atoms with E-state index in [-0.39, 0.29) is 17.2 Å². The number of carboxylic acids is 1. The average molecular weight is 462 g/mol. The molecule has 4 N–H and O–H groups in total. The first kappa shape index (κ1) is 23.1. The molecule has 0 bridgehead atoms. The van der Waals surface area contributed by atoms with E-state index in [9.17, 15) is 14.7 Å². The second-order valence-corrected chi connectivity index (χ2v) is 8.16. The lowest BCUT2D eigenvalue weighted by molar-refractivity contribution is 0.0697. The van der Waals surface area contributed by atoms with Crippen LogP contribution in [-0.4, -0.2) is 47.8 Å². The van der Waals surface area contributed by atoms with Crippen LogP contribution in [0.15, 0.2) is 48.8 Å². The molecule has 1 amide bonds. The van der Waals surface area contributed by atoms with Crippen LogP contribution in [0, 0.1) is 0 Å². The van der Waals surface area contributed by atoms with Crippen LogP contribution in [0.2, 0.25) is 0 Å². The van der Waals surface area contributed by atoms with Crippen LogP contribution in [0.3, 0.4) is 0 Å². The third-order valence-corrected chi connectivity index (χ3v) is 5.78. The summed E-state index contributed by atoms with van der Waals surface area (Å²) in [5, 5.41) is 16.4. The molecule has 4 aromatic rings. The molecular weight excluding hydrogens is 434 g/mol. The van der Waals surface area contributed by atoms with Crippen molar-refractivity contribution in [2.45, 2.75) is 32.2 Å². The van der Waals surface area contributed by atoms with Gasteiger partial charge in [-0.3, -0.25) is 10.1 Å². The Labute approximate surface area is 196 Å². The van der Waals surface area contributed by atoms with Gasteiger partial charge in [-0.1, -0.05) is 18.6 Å². The average Bonchev–Trinajstić information content (AvgIpc) is 3.42. The number of carboxylic acid groups (broad SMARTS) is 1. The summed E-state index contributed by atoms with van der Waals surface area (Å²) in [6, 6.07) is 11.7. The van der Waals surface area contributed by atoms with E-state index in [4.69, 9.17) is 10.7 Å². The maximum absolute atomic E-state index is 13.1. The second kappa shape index (κ2) is 9.84. The van der Waals surface area contributed by atoms with Gasteiger partial charge in [0.1, 0.15) is 6.33 Å². The molecule has 0 saturated carbocycles. The van der Waals surface area contributed by atoms with E-state index in [0.29, 0.717) is 23.8 Å². The molecule has 10 heteroatoms. The molecule has 2 aromatic heterocycles. The number of imidazole rings is 1. The molecule has 10 nitrogen and oxygen atoms in total. The molecule has 34 heavy (non-hydrogen) atoms. The number of unbranched alkanes of at least 4 members (excludes halogenated alkanes) is 1. The Balaban J connectivity index is 1.80. The minimum Gasteiger partial charge on any atom is -0.478 e. The smallest absolute Gasteiger partial charge is 0.335 e. The predicted octanol–water partition coefficient (Wildman–Crippen LogP) is 3.47. The Morgan fingerprint density at radius 3 is 2.62 bits per heavy atom. The van der Waals surface area contributed by atoms with Gasteiger partial charge in [-0.2, -0.15) is 5.10 Å². The number of anilines is 1. The first-order valence-electron chi connectivity index (χ1n) is 11.1. The molecule has 176 valence electrons. The molecule has 0 fully saturated rings. The lowest BCUT2D eigenvalue weighted by atomic mass is 10.1. The minimum atomic E-state index is -1.09. The number of hydrogen-bond donors (Lipinski definition) is 3. The van der Waals surface area contributed by atoms with E-state index < -0.39 is 11.9 Å². The van der Waals surface area contributed by atoms with Crippen molar-refractivity contribution >= 4 is 28.9 Å². The third kappa shape index (κ3) is 4.53. The Hall–Kier alpha value is -4.05. The normalized spacial score (nSPS) is 12.1. The Kier molecular flexibility index (Phi) is 6.69. The zero-order chi connectivity index (χ0) is 24.2. The van der Waals surface area contributed by atoms with Gasteiger partial charge in [0.2, 0.25) is 5.95 Å². The van der Waals surface area contributed by atoms with E-state index >= 15 is 0 Å². The summed E-state index contributed by atoms with van der Waals surface area (Å²) in [6.45, 7) is 2.69. The first-order valence-corrected chi connectivity index (χ1v) is 11.1. The van der Waals surface area contributed by atoms with Crippen LogP contribution in [0.1, 0.15) is 52.9 Å². The number of fused-ring (bicyclic) bond motifs is 1. The molecule has 1 atom stereocenters. The third-order valence-electron chi connectivity index (χ3n) is 5.78. The predicted molar refractivity (Wildman–Crippen MR) is 129 cm³/mol. The lowest BCUT2D eigenvalue weighted by Gasteiger charge is -2.19. The Bertz CT molecular complexity index is 1340. The van der Waals surface area contributed by atoms with Crippen LogP contribution in [-0.2, 0) is 7.05 Å². The fourth-order valence-electron chi connectivity index (χ4n) is 4.07. The molecule has 0 aliphatic heterocycles. The van der Waals surface area contributed by atoms with E-state index in [2.05, 4.69) is 22.3 Å². The highest BCUT2D eigenvalue weighted by Crippen LogP contribution is 2.34. The van der Waals surface area contributed by atoms with Crippen LogP contribution in [0.4, 0.5) is 5.95 Å². The summed E-state index contributed by atoms with van der Waals surface area (Å²) in [6.07, 6.45) is 4.17. The highest BCUT2D eigenvalue weighted by atomic mass is 16.4. The molecule has 0 spiro atoms. The molecule has 0 aliphatic carbocycles. The summed E-state index contributed by atoms with van der Waals surface area (Å²) in [5.41, 5.74) is 8.37. The lowest BCUT2D eigenvalue weighted by Crippen LogP contribution is -2.18. The van der Waals surface area contributed by atoms with Gasteiger partial charge in [-0.05, 0) is 56.6 Å². The van der Waals surface area contributed by atoms with Crippen molar-refractivity contribution in [3.63, 3.8) is 0 Å². The molecule has 2 heterocycles. The highest BCUT2D eigenvalue weighted by molar-refractivity contribution is 6.06. The van der Waals surface area contributed by atoms with E-state index in [1.165, 1.54) is 18.5 Å². The number of aromatic nitrogens is 5. The first-order chi connectivity index (χ1) is 16.4. The number of nitrogens with zero attached hydrogens (tertiary/aromatic N) is 5. The summed E-state index contributed by atoms with van der Waals surface area (Å²) in [4.78, 5) is 33.5. The van der Waals surface area contributed by atoms with Crippen molar-refractivity contribution in [1.29, 1.82) is 0 Å². The molecular formula is C24H27N7O3. The fraction of sp³-hybridized carbons (Fsp3) is 0.292. The number of benzene rings is 2. The molecule has 0 aliphatic rings. The van der Waals surface area contributed by atoms with Crippen LogP contribution >= 0.6 is 0 Å². The monoisotopic (exact) mass is 461 g/mol. The number of aryl methyl sites for hydroxylation is 1. The topological polar surface area (TPSA) is 141 Å². The number of nitrogens with one attached hydrogen (secondary N) is 1. The van der Waals surface area contributed by atoms with Crippen LogP contribution < -0.4 is 11.1 Å². The zero-order valence-corrected chi connectivity index (χ0v) is 19.1. The molecule has 0 radical (unpaired) electrons. The van der Waals surface area contributed by atoms with Gasteiger partial charge in [0.15, 0.2) is 5.82 Å². The maximum atomic E-state index is 13.1. The number of nitrogens with two attached hydrogens (primary N) is 1. The molecule has 2 aromatic carbocycles. The van der Waals surface area contributed by atoms with Crippen molar-refractivity contribution in [2.24, 2.45) is 12.8 Å². The standard InChI is InChI=1S/C24H27N7O3/c1-15(7-3-4-12-25)31-20-18(21-26-14-27-30(21)2)10-6-11-19(20)28-24(31)29-22(32)16-8-5-9-17(13-16)23(33)34/h5-6,8-11,13-15H,3-4,7,12,25H2,1-2H3,(H,33,34)(H,28,29,32). The van der Waals surface area contributed by atoms with Gasteiger partial charge in [-0.15, -0.1) is 0 Å². The number of para-hydroxylation sites is 1. The maximum Gasteiger partial charge on any atom is 0.335 e. The number of aromatic carboxylic acids is 1. The van der Waals surface area contributed by atoms with E-state index in [1.807, 2.05) is 29.8 Å². The molecule has 1 unspecified atom stereocenters. The van der Waals surface area contributed by atoms with Crippen LogP contribution in [0.25, 0.3) is 22.4 Å². The van der Waals surface area contributed by atoms with Gasteiger partial charge < -0.3 is 15.4 Å². The van der Waals surface area contributed by atoms with Crippen molar-refractivity contribution in [2.75, 3.05) is 11.9 Å². The van der Waals surface area contributed by atoms with Gasteiger partial charge in [-0.25, -0.2) is 19.4 Å². The van der Waals surface area contributed by atoms with Gasteiger partial charge >= 0.3 is 5.97 Å².